The van der Waals surface area contributed by atoms with E-state index in [0.29, 0.717) is 17.7 Å². The Morgan fingerprint density at radius 3 is 2.42 bits per heavy atom. The van der Waals surface area contributed by atoms with Gasteiger partial charge in [0, 0.05) is 25.9 Å². The number of hydrogen-bond donors (Lipinski definition) is 1. The first-order chi connectivity index (χ1) is 15.0. The highest BCUT2D eigenvalue weighted by Crippen LogP contribution is 2.23. The number of rotatable bonds is 3. The van der Waals surface area contributed by atoms with Crippen molar-refractivity contribution >= 4 is 11.8 Å². The largest absolute Gasteiger partial charge is 0.490 e. The first kappa shape index (κ1) is 22.6. The molecule has 0 saturated carbocycles. The Balaban J connectivity index is 1.98. The summed E-state index contributed by atoms with van der Waals surface area (Å²) in [5.41, 5.74) is 1.48. The topological polar surface area (TPSA) is 58.6 Å². The summed E-state index contributed by atoms with van der Waals surface area (Å²) >= 11 is 0. The minimum atomic E-state index is -0.624. The average molecular weight is 421 g/mol. The van der Waals surface area contributed by atoms with E-state index in [4.69, 9.17) is 4.74 Å². The van der Waals surface area contributed by atoms with Gasteiger partial charge in [0.25, 0.3) is 5.91 Å². The lowest BCUT2D eigenvalue weighted by molar-refractivity contribution is -0.126. The molecule has 164 valence electrons. The third-order valence-corrected chi connectivity index (χ3v) is 5.70. The zero-order valence-corrected chi connectivity index (χ0v) is 18.6. The molecule has 3 rings (SSSR count). The highest BCUT2D eigenvalue weighted by molar-refractivity contribution is 5.99. The van der Waals surface area contributed by atoms with E-state index in [0.717, 1.165) is 24.8 Å². The Labute approximate surface area is 185 Å². The first-order valence-electron chi connectivity index (χ1n) is 11.0. The van der Waals surface area contributed by atoms with E-state index in [9.17, 15) is 9.59 Å². The fourth-order valence-corrected chi connectivity index (χ4v) is 3.76. The van der Waals surface area contributed by atoms with Crippen molar-refractivity contribution in [2.24, 2.45) is 0 Å². The van der Waals surface area contributed by atoms with E-state index in [1.165, 1.54) is 0 Å². The van der Waals surface area contributed by atoms with Gasteiger partial charge < -0.3 is 15.0 Å². The third-order valence-electron chi connectivity index (χ3n) is 5.70. The molecule has 0 spiro atoms. The number of hydrogen-bond acceptors (Lipinski definition) is 3. The molecule has 2 aromatic rings. The van der Waals surface area contributed by atoms with Gasteiger partial charge in [-0.2, -0.15) is 0 Å². The number of para-hydroxylation sites is 1. The van der Waals surface area contributed by atoms with Gasteiger partial charge in [-0.05, 0) is 37.5 Å². The van der Waals surface area contributed by atoms with Crippen molar-refractivity contribution in [3.05, 3.63) is 77.9 Å². The highest BCUT2D eigenvalue weighted by atomic mass is 16.5. The Bertz CT molecular complexity index is 910. The van der Waals surface area contributed by atoms with Crippen LogP contribution in [0.3, 0.4) is 0 Å². The normalized spacial score (nSPS) is 23.8. The Hall–Kier alpha value is -3.08. The van der Waals surface area contributed by atoms with Gasteiger partial charge in [-0.3, -0.25) is 9.59 Å². The maximum absolute atomic E-state index is 13.5. The number of ether oxygens (including phenoxy) is 1. The molecule has 0 radical (unpaired) electrons. The minimum Gasteiger partial charge on any atom is -0.490 e. The maximum atomic E-state index is 13.5. The summed E-state index contributed by atoms with van der Waals surface area (Å²) in [5.74, 6) is 0.186. The van der Waals surface area contributed by atoms with Crippen LogP contribution in [-0.4, -0.2) is 41.9 Å². The Morgan fingerprint density at radius 1 is 1.00 bits per heavy atom. The van der Waals surface area contributed by atoms with Crippen molar-refractivity contribution in [1.29, 1.82) is 0 Å². The molecule has 2 amide bonds. The molecule has 5 heteroatoms. The van der Waals surface area contributed by atoms with Gasteiger partial charge in [0.2, 0.25) is 5.91 Å². The monoisotopic (exact) mass is 420 g/mol. The van der Waals surface area contributed by atoms with Crippen molar-refractivity contribution in [1.82, 2.24) is 10.2 Å². The molecule has 31 heavy (non-hydrogen) atoms. The average Bonchev–Trinajstić information content (AvgIpc) is 2.79. The fraction of sp³-hybridized carbons (Fsp3) is 0.385. The van der Waals surface area contributed by atoms with Crippen LogP contribution in [0.5, 0.6) is 5.75 Å². The molecule has 1 aliphatic heterocycles. The smallest absolute Gasteiger partial charge is 0.258 e. The van der Waals surface area contributed by atoms with Gasteiger partial charge in [0.05, 0.1) is 11.7 Å². The molecule has 5 nitrogen and oxygen atoms in total. The molecule has 1 aliphatic rings. The van der Waals surface area contributed by atoms with Crippen molar-refractivity contribution in [3.63, 3.8) is 0 Å². The summed E-state index contributed by atoms with van der Waals surface area (Å²) in [6.07, 6.45) is 6.88. The van der Waals surface area contributed by atoms with Gasteiger partial charge in [-0.1, -0.05) is 61.5 Å². The number of nitrogens with zero attached hydrogens (tertiary/aromatic N) is 1. The van der Waals surface area contributed by atoms with Crippen molar-refractivity contribution in [2.45, 2.75) is 57.7 Å². The first-order valence-corrected chi connectivity index (χ1v) is 11.0. The zero-order valence-electron chi connectivity index (χ0n) is 18.6. The molecular weight excluding hydrogens is 388 g/mol. The van der Waals surface area contributed by atoms with Gasteiger partial charge in [0.1, 0.15) is 11.8 Å². The summed E-state index contributed by atoms with van der Waals surface area (Å²) in [6, 6.07) is 16.5. The van der Waals surface area contributed by atoms with Crippen LogP contribution in [0.1, 0.15) is 49.0 Å². The van der Waals surface area contributed by atoms with E-state index in [1.807, 2.05) is 55.5 Å². The second kappa shape index (κ2) is 10.8. The van der Waals surface area contributed by atoms with E-state index >= 15 is 0 Å². The van der Waals surface area contributed by atoms with E-state index in [1.54, 1.807) is 18.0 Å². The Morgan fingerprint density at radius 2 is 1.68 bits per heavy atom. The molecule has 2 aromatic carbocycles. The molecule has 1 N–H and O–H groups in total. The standard InChI is InChI=1S/C26H32N2O3/c1-4-21-15-9-8-12-19(2)31-24-17-11-10-16-22(24)26(30)28(3)23(25(29)27-21)18-20-13-6-5-7-14-20/h5-11,13-14,16-17,19,21,23H,4,12,15,18H2,1-3H3,(H,27,29)/b9-8+/t19-,21-,23-/m1/s1. The van der Waals surface area contributed by atoms with Crippen LogP contribution >= 0.6 is 0 Å². The Kier molecular flexibility index (Phi) is 7.88. The zero-order chi connectivity index (χ0) is 22.2. The summed E-state index contributed by atoms with van der Waals surface area (Å²) in [6.45, 7) is 4.06. The molecule has 0 bridgehead atoms. The van der Waals surface area contributed by atoms with E-state index < -0.39 is 6.04 Å². The lowest BCUT2D eigenvalue weighted by Gasteiger charge is -2.30. The molecule has 3 atom stereocenters. The quantitative estimate of drug-likeness (QED) is 0.750. The fourth-order valence-electron chi connectivity index (χ4n) is 3.76. The minimum absolute atomic E-state index is 0.0250. The van der Waals surface area contributed by atoms with Crippen LogP contribution in [0.25, 0.3) is 0 Å². The number of benzene rings is 2. The summed E-state index contributed by atoms with van der Waals surface area (Å²) in [5, 5.41) is 3.16. The van der Waals surface area contributed by atoms with Crippen molar-refractivity contribution < 1.29 is 14.3 Å². The molecule has 0 saturated heterocycles. The number of carbonyl (C=O) groups excluding carboxylic acids is 2. The van der Waals surface area contributed by atoms with Crippen LogP contribution in [0, 0.1) is 0 Å². The van der Waals surface area contributed by atoms with Crippen molar-refractivity contribution in [3.8, 4) is 5.75 Å². The van der Waals surface area contributed by atoms with Crippen LogP contribution < -0.4 is 10.1 Å². The number of carbonyl (C=O) groups is 2. The summed E-state index contributed by atoms with van der Waals surface area (Å²) in [4.78, 5) is 28.3. The van der Waals surface area contributed by atoms with Crippen molar-refractivity contribution in [2.75, 3.05) is 7.05 Å². The van der Waals surface area contributed by atoms with Crippen LogP contribution in [-0.2, 0) is 11.2 Å². The predicted molar refractivity (Wildman–Crippen MR) is 123 cm³/mol. The molecule has 1 heterocycles. The number of nitrogens with one attached hydrogen (secondary N) is 1. The van der Waals surface area contributed by atoms with Gasteiger partial charge in [-0.15, -0.1) is 0 Å². The van der Waals surface area contributed by atoms with Crippen LogP contribution in [0.15, 0.2) is 66.7 Å². The summed E-state index contributed by atoms with van der Waals surface area (Å²) in [7, 11) is 1.70. The number of fused-ring (bicyclic) bond motifs is 1. The molecule has 0 aromatic heterocycles. The van der Waals surface area contributed by atoms with Crippen LogP contribution in [0.2, 0.25) is 0 Å². The van der Waals surface area contributed by atoms with Gasteiger partial charge in [0.15, 0.2) is 0 Å². The third kappa shape index (κ3) is 5.97. The highest BCUT2D eigenvalue weighted by Gasteiger charge is 2.30. The summed E-state index contributed by atoms with van der Waals surface area (Å²) < 4.78 is 6.09. The number of likely N-dealkylation sites (N-methyl/N-ethyl adjacent to an activating group) is 1. The van der Waals surface area contributed by atoms with Crippen LogP contribution in [0.4, 0.5) is 0 Å². The maximum Gasteiger partial charge on any atom is 0.258 e. The van der Waals surface area contributed by atoms with E-state index in [2.05, 4.69) is 24.4 Å². The predicted octanol–water partition coefficient (Wildman–Crippen LogP) is 4.38. The molecule has 0 aliphatic carbocycles. The SMILES string of the molecule is CC[C@@H]1C/C=C/C[C@@H](C)Oc2ccccc2C(=O)N(C)[C@H](Cc2ccccc2)C(=O)N1. The van der Waals surface area contributed by atoms with E-state index in [-0.39, 0.29) is 24.0 Å². The van der Waals surface area contributed by atoms with Gasteiger partial charge >= 0.3 is 0 Å². The molecule has 0 unspecified atom stereocenters. The molecular formula is C26H32N2O3. The lowest BCUT2D eigenvalue weighted by atomic mass is 10.0. The molecule has 0 fully saturated rings. The second-order valence-corrected chi connectivity index (χ2v) is 8.10. The number of amides is 2. The lowest BCUT2D eigenvalue weighted by Crippen LogP contribution is -2.51. The van der Waals surface area contributed by atoms with Gasteiger partial charge in [-0.25, -0.2) is 0 Å². The second-order valence-electron chi connectivity index (χ2n) is 8.10.